The summed E-state index contributed by atoms with van der Waals surface area (Å²) in [6, 6.07) is 5.55. The van der Waals surface area contributed by atoms with E-state index in [0.29, 0.717) is 0 Å². The van der Waals surface area contributed by atoms with Gasteiger partial charge in [0.15, 0.2) is 5.75 Å². The van der Waals surface area contributed by atoms with Crippen molar-refractivity contribution in [1.29, 1.82) is 5.26 Å². The second-order valence-electron chi connectivity index (χ2n) is 3.62. The normalized spacial score (nSPS) is 10.7. The van der Waals surface area contributed by atoms with Gasteiger partial charge in [-0.3, -0.25) is 10.1 Å². The van der Waals surface area contributed by atoms with Crippen molar-refractivity contribution >= 4 is 15.7 Å². The number of hydrogen-bond donors (Lipinski definition) is 1. The summed E-state index contributed by atoms with van der Waals surface area (Å²) in [4.78, 5) is 10.1. The van der Waals surface area contributed by atoms with Gasteiger partial charge in [0.25, 0.3) is 0 Å². The second-order valence-corrected chi connectivity index (χ2v) is 5.35. The van der Waals surface area contributed by atoms with Crippen molar-refractivity contribution in [3.05, 3.63) is 33.9 Å². The maximum atomic E-state index is 10.8. The molecule has 0 fully saturated rings. The summed E-state index contributed by atoms with van der Waals surface area (Å²) in [5.74, 6) is -0.282. The lowest BCUT2D eigenvalue weighted by atomic mass is 10.2. The molecule has 8 nitrogen and oxygen atoms in total. The number of nitrogens with zero attached hydrogens (tertiary/aromatic N) is 2. The van der Waals surface area contributed by atoms with Crippen LogP contribution in [0.5, 0.6) is 5.75 Å². The van der Waals surface area contributed by atoms with Gasteiger partial charge in [-0.05, 0) is 18.6 Å². The highest BCUT2D eigenvalue weighted by molar-refractivity contribution is 7.89. The number of nitro groups is 1. The fourth-order valence-electron chi connectivity index (χ4n) is 1.29. The van der Waals surface area contributed by atoms with Crippen LogP contribution in [0.25, 0.3) is 0 Å². The Morgan fingerprint density at radius 3 is 2.68 bits per heavy atom. The first-order chi connectivity index (χ1) is 8.83. The van der Waals surface area contributed by atoms with Crippen molar-refractivity contribution in [2.75, 3.05) is 12.4 Å². The first-order valence-corrected chi connectivity index (χ1v) is 6.87. The zero-order chi connectivity index (χ0) is 14.5. The van der Waals surface area contributed by atoms with Gasteiger partial charge in [-0.15, -0.1) is 0 Å². The van der Waals surface area contributed by atoms with Gasteiger partial charge >= 0.3 is 5.69 Å². The van der Waals surface area contributed by atoms with Crippen LogP contribution in [-0.4, -0.2) is 25.7 Å². The molecule has 0 bridgehead atoms. The molecule has 0 amide bonds. The van der Waals surface area contributed by atoms with E-state index < -0.39 is 14.9 Å². The minimum atomic E-state index is -3.57. The minimum absolute atomic E-state index is 0.0154. The van der Waals surface area contributed by atoms with Crippen molar-refractivity contribution in [3.8, 4) is 11.8 Å². The monoisotopic (exact) mass is 285 g/mol. The van der Waals surface area contributed by atoms with Crippen molar-refractivity contribution in [3.63, 3.8) is 0 Å². The summed E-state index contributed by atoms with van der Waals surface area (Å²) in [7, 11) is -3.57. The molecule has 0 spiro atoms. The first kappa shape index (κ1) is 14.9. The number of hydrogen-bond acceptors (Lipinski definition) is 6. The summed E-state index contributed by atoms with van der Waals surface area (Å²) in [5.41, 5.74) is -0.196. The van der Waals surface area contributed by atoms with Gasteiger partial charge < -0.3 is 4.74 Å². The predicted molar refractivity (Wildman–Crippen MR) is 65.9 cm³/mol. The molecule has 0 radical (unpaired) electrons. The molecule has 0 atom stereocenters. The molecule has 0 aliphatic carbocycles. The number of nitrogens with two attached hydrogens (primary N) is 1. The number of nitriles is 1. The molecule has 2 N–H and O–H groups in total. The number of sulfonamides is 1. The number of nitro benzene ring substituents is 1. The number of primary sulfonamides is 1. The van der Waals surface area contributed by atoms with Gasteiger partial charge in [-0.2, -0.15) is 5.26 Å². The lowest BCUT2D eigenvalue weighted by molar-refractivity contribution is -0.385. The van der Waals surface area contributed by atoms with E-state index in [1.807, 2.05) is 0 Å². The van der Waals surface area contributed by atoms with Crippen LogP contribution >= 0.6 is 0 Å². The Labute approximate surface area is 109 Å². The highest BCUT2D eigenvalue weighted by Crippen LogP contribution is 2.27. The SMILES string of the molecule is N#Cc1ccc(OCCCS(N)(=O)=O)c([N+](=O)[O-])c1. The lowest BCUT2D eigenvalue weighted by Gasteiger charge is -2.06. The summed E-state index contributed by atoms with van der Waals surface area (Å²) < 4.78 is 26.5. The molecular formula is C10H11N3O5S. The van der Waals surface area contributed by atoms with E-state index in [4.69, 9.17) is 15.1 Å². The average molecular weight is 285 g/mol. The van der Waals surface area contributed by atoms with Crippen LogP contribution in [0.1, 0.15) is 12.0 Å². The highest BCUT2D eigenvalue weighted by atomic mass is 32.2. The maximum absolute atomic E-state index is 10.8. The van der Waals surface area contributed by atoms with Gasteiger partial charge in [0.2, 0.25) is 10.0 Å². The molecule has 0 aliphatic rings. The van der Waals surface area contributed by atoms with Crippen LogP contribution in [0.4, 0.5) is 5.69 Å². The van der Waals surface area contributed by atoms with Gasteiger partial charge in [-0.1, -0.05) is 0 Å². The molecule has 0 aromatic heterocycles. The first-order valence-electron chi connectivity index (χ1n) is 5.15. The number of benzene rings is 1. The van der Waals surface area contributed by atoms with E-state index in [-0.39, 0.29) is 35.8 Å². The highest BCUT2D eigenvalue weighted by Gasteiger charge is 2.16. The second kappa shape index (κ2) is 6.12. The summed E-state index contributed by atoms with van der Waals surface area (Å²) in [6.07, 6.45) is 0.121. The molecule has 1 aromatic carbocycles. The number of rotatable bonds is 6. The maximum Gasteiger partial charge on any atom is 0.312 e. The fraction of sp³-hybridized carbons (Fsp3) is 0.300. The average Bonchev–Trinajstić information content (AvgIpc) is 2.33. The quantitative estimate of drug-likeness (QED) is 0.459. The van der Waals surface area contributed by atoms with Crippen LogP contribution < -0.4 is 9.88 Å². The third-order valence-electron chi connectivity index (χ3n) is 2.12. The summed E-state index contributed by atoms with van der Waals surface area (Å²) >= 11 is 0. The zero-order valence-electron chi connectivity index (χ0n) is 9.77. The van der Waals surface area contributed by atoms with Crippen LogP contribution in [0.2, 0.25) is 0 Å². The van der Waals surface area contributed by atoms with Crippen LogP contribution in [0.15, 0.2) is 18.2 Å². The van der Waals surface area contributed by atoms with Crippen LogP contribution in [0.3, 0.4) is 0 Å². The number of ether oxygens (including phenoxy) is 1. The molecule has 9 heteroatoms. The molecule has 0 saturated carbocycles. The Morgan fingerprint density at radius 1 is 1.47 bits per heavy atom. The summed E-state index contributed by atoms with van der Waals surface area (Å²) in [6.45, 7) is -0.0246. The molecule has 0 heterocycles. The Bertz CT molecular complexity index is 621. The molecule has 19 heavy (non-hydrogen) atoms. The smallest absolute Gasteiger partial charge is 0.312 e. The topological polar surface area (TPSA) is 136 Å². The molecule has 0 saturated heterocycles. The summed E-state index contributed by atoms with van der Waals surface area (Å²) in [5, 5.41) is 24.2. The molecule has 0 aliphatic heterocycles. The lowest BCUT2D eigenvalue weighted by Crippen LogP contribution is -2.18. The molecular weight excluding hydrogens is 274 g/mol. The third kappa shape index (κ3) is 4.90. The fourth-order valence-corrected chi connectivity index (χ4v) is 1.81. The minimum Gasteiger partial charge on any atom is -0.487 e. The van der Waals surface area contributed by atoms with E-state index in [1.165, 1.54) is 12.1 Å². The van der Waals surface area contributed by atoms with Gasteiger partial charge in [0.05, 0.1) is 28.9 Å². The largest absolute Gasteiger partial charge is 0.487 e. The van der Waals surface area contributed by atoms with Crippen molar-refractivity contribution in [2.24, 2.45) is 5.14 Å². The molecule has 1 rings (SSSR count). The zero-order valence-corrected chi connectivity index (χ0v) is 10.6. The van der Waals surface area contributed by atoms with E-state index in [0.717, 1.165) is 6.07 Å². The van der Waals surface area contributed by atoms with Gasteiger partial charge in [0.1, 0.15) is 0 Å². The van der Waals surface area contributed by atoms with E-state index in [1.54, 1.807) is 6.07 Å². The Balaban J connectivity index is 2.73. The standard InChI is InChI=1S/C10H11N3O5S/c11-7-8-2-3-10(9(6-8)13(14)15)18-4-1-5-19(12,16)17/h2-3,6H,1,4-5H2,(H2,12,16,17). The third-order valence-corrected chi connectivity index (χ3v) is 2.97. The van der Waals surface area contributed by atoms with E-state index in [2.05, 4.69) is 0 Å². The van der Waals surface area contributed by atoms with Crippen LogP contribution in [-0.2, 0) is 10.0 Å². The molecule has 0 unspecified atom stereocenters. The predicted octanol–water partition coefficient (Wildman–Crippen LogP) is 0.524. The van der Waals surface area contributed by atoms with Crippen molar-refractivity contribution in [1.82, 2.24) is 0 Å². The van der Waals surface area contributed by atoms with E-state index in [9.17, 15) is 18.5 Å². The van der Waals surface area contributed by atoms with E-state index >= 15 is 0 Å². The van der Waals surface area contributed by atoms with Gasteiger partial charge in [0, 0.05) is 6.07 Å². The van der Waals surface area contributed by atoms with Crippen LogP contribution in [0, 0.1) is 21.4 Å². The Kier molecular flexibility index (Phi) is 4.80. The van der Waals surface area contributed by atoms with Crippen molar-refractivity contribution < 1.29 is 18.1 Å². The molecule has 102 valence electrons. The van der Waals surface area contributed by atoms with Crippen molar-refractivity contribution in [2.45, 2.75) is 6.42 Å². The molecule has 1 aromatic rings. The van der Waals surface area contributed by atoms with Gasteiger partial charge in [-0.25, -0.2) is 13.6 Å². The Morgan fingerprint density at radius 2 is 2.16 bits per heavy atom. The Hall–Kier alpha value is -2.18.